The van der Waals surface area contributed by atoms with Crippen molar-refractivity contribution in [3.05, 3.63) is 83.6 Å². The van der Waals surface area contributed by atoms with E-state index < -0.39 is 5.91 Å². The van der Waals surface area contributed by atoms with Crippen LogP contribution in [0.4, 0.5) is 5.82 Å². The number of nitrogens with one attached hydrogen (secondary N) is 1. The Balaban J connectivity index is 1.62. The fourth-order valence-electron chi connectivity index (χ4n) is 2.92. The summed E-state index contributed by atoms with van der Waals surface area (Å²) in [4.78, 5) is 27.8. The molecule has 2 aromatic carbocycles. The first-order valence-corrected chi connectivity index (χ1v) is 9.51. The molecule has 0 radical (unpaired) electrons. The summed E-state index contributed by atoms with van der Waals surface area (Å²) in [6.07, 6.45) is 5.03. The van der Waals surface area contributed by atoms with Gasteiger partial charge in [0.2, 0.25) is 0 Å². The van der Waals surface area contributed by atoms with Crippen LogP contribution in [0.2, 0.25) is 0 Å². The SMILES string of the molecule is CC(=O)c1ccc(-c2ccnc(NC(=O)/C=N/N=C/Cc3ccccc3)c2)c(C)c1. The Morgan fingerprint density at radius 3 is 2.57 bits per heavy atom. The zero-order chi connectivity index (χ0) is 21.3. The number of Topliss-reactive ketones (excluding diaryl/α,β-unsaturated/α-hetero) is 1. The lowest BCUT2D eigenvalue weighted by atomic mass is 9.98. The highest BCUT2D eigenvalue weighted by atomic mass is 16.1. The van der Waals surface area contributed by atoms with E-state index in [1.807, 2.05) is 55.5 Å². The van der Waals surface area contributed by atoms with Crippen molar-refractivity contribution in [3.63, 3.8) is 0 Å². The molecule has 0 bridgehead atoms. The number of rotatable bonds is 7. The third-order valence-electron chi connectivity index (χ3n) is 4.45. The minimum absolute atomic E-state index is 0.0260. The molecule has 0 aliphatic carbocycles. The monoisotopic (exact) mass is 398 g/mol. The molecule has 0 atom stereocenters. The van der Waals surface area contributed by atoms with Crippen molar-refractivity contribution in [2.75, 3.05) is 5.32 Å². The van der Waals surface area contributed by atoms with Gasteiger partial charge in [-0.1, -0.05) is 42.5 Å². The number of amides is 1. The molecule has 1 aromatic heterocycles. The molecule has 3 aromatic rings. The van der Waals surface area contributed by atoms with Crippen LogP contribution in [0.15, 0.2) is 77.1 Å². The summed E-state index contributed by atoms with van der Waals surface area (Å²) in [5.74, 6) is 0.0189. The highest BCUT2D eigenvalue weighted by Gasteiger charge is 2.08. The molecule has 150 valence electrons. The Labute approximate surface area is 175 Å². The van der Waals surface area contributed by atoms with Gasteiger partial charge in [0, 0.05) is 24.4 Å². The van der Waals surface area contributed by atoms with E-state index in [9.17, 15) is 9.59 Å². The summed E-state index contributed by atoms with van der Waals surface area (Å²) in [6, 6.07) is 19.0. The van der Waals surface area contributed by atoms with Gasteiger partial charge in [0.25, 0.3) is 5.91 Å². The van der Waals surface area contributed by atoms with Crippen molar-refractivity contribution in [1.29, 1.82) is 0 Å². The number of pyridine rings is 1. The molecule has 6 nitrogen and oxygen atoms in total. The smallest absolute Gasteiger partial charge is 0.269 e. The fraction of sp³-hybridized carbons (Fsp3) is 0.125. The molecule has 6 heteroatoms. The summed E-state index contributed by atoms with van der Waals surface area (Å²) in [5, 5.41) is 10.3. The number of nitrogens with zero attached hydrogens (tertiary/aromatic N) is 3. The van der Waals surface area contributed by atoms with Gasteiger partial charge in [0.1, 0.15) is 12.0 Å². The maximum Gasteiger partial charge on any atom is 0.269 e. The second-order valence-electron chi connectivity index (χ2n) is 6.74. The Hall–Kier alpha value is -3.93. The Morgan fingerprint density at radius 1 is 1.03 bits per heavy atom. The van der Waals surface area contributed by atoms with Crippen LogP contribution in [0.5, 0.6) is 0 Å². The Bertz CT molecular complexity index is 1110. The fourth-order valence-corrected chi connectivity index (χ4v) is 2.92. The second kappa shape index (κ2) is 10.0. The van der Waals surface area contributed by atoms with Crippen LogP contribution in [-0.4, -0.2) is 29.1 Å². The van der Waals surface area contributed by atoms with Crippen LogP contribution >= 0.6 is 0 Å². The Morgan fingerprint density at radius 2 is 1.83 bits per heavy atom. The van der Waals surface area contributed by atoms with E-state index in [0.29, 0.717) is 17.8 Å². The average Bonchev–Trinajstić information content (AvgIpc) is 2.74. The number of aromatic nitrogens is 1. The van der Waals surface area contributed by atoms with Crippen LogP contribution in [0, 0.1) is 6.92 Å². The summed E-state index contributed by atoms with van der Waals surface area (Å²) < 4.78 is 0. The van der Waals surface area contributed by atoms with E-state index in [0.717, 1.165) is 28.5 Å². The summed E-state index contributed by atoms with van der Waals surface area (Å²) in [7, 11) is 0. The lowest BCUT2D eigenvalue weighted by molar-refractivity contribution is -0.110. The molecule has 1 heterocycles. The molecule has 0 unspecified atom stereocenters. The van der Waals surface area contributed by atoms with Crippen molar-refractivity contribution < 1.29 is 9.59 Å². The predicted octanol–water partition coefficient (Wildman–Crippen LogP) is 4.50. The minimum Gasteiger partial charge on any atom is -0.306 e. The van der Waals surface area contributed by atoms with E-state index >= 15 is 0 Å². The van der Waals surface area contributed by atoms with Gasteiger partial charge < -0.3 is 5.32 Å². The molecular weight excluding hydrogens is 376 g/mol. The molecule has 0 fully saturated rings. The molecule has 3 rings (SSSR count). The number of carbonyl (C=O) groups is 2. The van der Waals surface area contributed by atoms with Gasteiger partial charge >= 0.3 is 0 Å². The van der Waals surface area contributed by atoms with E-state index in [1.54, 1.807) is 31.5 Å². The number of aryl methyl sites for hydroxylation is 1. The quantitative estimate of drug-likeness (QED) is 0.361. The van der Waals surface area contributed by atoms with Crippen molar-refractivity contribution in [1.82, 2.24) is 4.98 Å². The maximum atomic E-state index is 12.1. The van der Waals surface area contributed by atoms with Gasteiger partial charge in [-0.05, 0) is 54.3 Å². The van der Waals surface area contributed by atoms with E-state index in [2.05, 4.69) is 20.5 Å². The number of hydrogen-bond donors (Lipinski definition) is 1. The van der Waals surface area contributed by atoms with Crippen LogP contribution in [0.1, 0.15) is 28.4 Å². The summed E-state index contributed by atoms with van der Waals surface area (Å²) >= 11 is 0. The van der Waals surface area contributed by atoms with Gasteiger partial charge in [0.15, 0.2) is 5.78 Å². The maximum absolute atomic E-state index is 12.1. The third kappa shape index (κ3) is 5.78. The van der Waals surface area contributed by atoms with E-state index in [4.69, 9.17) is 0 Å². The lowest BCUT2D eigenvalue weighted by Crippen LogP contribution is -2.13. The topological polar surface area (TPSA) is 83.8 Å². The number of carbonyl (C=O) groups excluding carboxylic acids is 2. The molecule has 1 N–H and O–H groups in total. The molecule has 0 aliphatic heterocycles. The summed E-state index contributed by atoms with van der Waals surface area (Å²) in [6.45, 7) is 3.49. The van der Waals surface area contributed by atoms with Gasteiger partial charge in [0.05, 0.1) is 0 Å². The highest BCUT2D eigenvalue weighted by molar-refractivity contribution is 6.31. The second-order valence-corrected chi connectivity index (χ2v) is 6.74. The van der Waals surface area contributed by atoms with E-state index in [-0.39, 0.29) is 5.78 Å². The molecule has 1 amide bonds. The first-order valence-electron chi connectivity index (χ1n) is 9.51. The summed E-state index contributed by atoms with van der Waals surface area (Å²) in [5.41, 5.74) is 4.62. The zero-order valence-corrected chi connectivity index (χ0v) is 16.9. The van der Waals surface area contributed by atoms with Gasteiger partial charge in [-0.25, -0.2) is 4.98 Å². The van der Waals surface area contributed by atoms with Crippen molar-refractivity contribution >= 4 is 29.9 Å². The van der Waals surface area contributed by atoms with E-state index in [1.165, 1.54) is 0 Å². The lowest BCUT2D eigenvalue weighted by Gasteiger charge is -2.09. The van der Waals surface area contributed by atoms with Crippen LogP contribution in [0.3, 0.4) is 0 Å². The molecule has 0 spiro atoms. The third-order valence-corrected chi connectivity index (χ3v) is 4.45. The first-order chi connectivity index (χ1) is 14.5. The van der Waals surface area contributed by atoms with Crippen molar-refractivity contribution in [2.45, 2.75) is 20.3 Å². The number of benzene rings is 2. The van der Waals surface area contributed by atoms with Crippen LogP contribution in [-0.2, 0) is 11.2 Å². The minimum atomic E-state index is -0.417. The normalized spacial score (nSPS) is 11.1. The molecule has 0 saturated heterocycles. The average molecular weight is 398 g/mol. The standard InChI is InChI=1S/C24H22N4O2/c1-17-14-20(18(2)29)8-9-22(17)21-11-12-25-23(15-21)28-24(30)16-27-26-13-10-19-6-4-3-5-7-19/h3-9,11-16H,10H2,1-2H3,(H,25,28,30)/b26-13+,27-16+. The van der Waals surface area contributed by atoms with Gasteiger partial charge in [-0.15, -0.1) is 0 Å². The largest absolute Gasteiger partial charge is 0.306 e. The van der Waals surface area contributed by atoms with Crippen molar-refractivity contribution in [2.24, 2.45) is 10.2 Å². The van der Waals surface area contributed by atoms with Crippen LogP contribution < -0.4 is 5.32 Å². The molecule has 0 aliphatic rings. The highest BCUT2D eigenvalue weighted by Crippen LogP contribution is 2.25. The van der Waals surface area contributed by atoms with Crippen molar-refractivity contribution in [3.8, 4) is 11.1 Å². The molecule has 30 heavy (non-hydrogen) atoms. The van der Waals surface area contributed by atoms with Gasteiger partial charge in [-0.2, -0.15) is 10.2 Å². The first kappa shape index (κ1) is 20.8. The van der Waals surface area contributed by atoms with Crippen LogP contribution in [0.25, 0.3) is 11.1 Å². The number of anilines is 1. The number of hydrogen-bond acceptors (Lipinski definition) is 5. The Kier molecular flexibility index (Phi) is 6.95. The number of ketones is 1. The predicted molar refractivity (Wildman–Crippen MR) is 120 cm³/mol. The molecule has 0 saturated carbocycles. The van der Waals surface area contributed by atoms with Gasteiger partial charge in [-0.3, -0.25) is 9.59 Å². The molecular formula is C24H22N4O2. The zero-order valence-electron chi connectivity index (χ0n) is 16.9.